The zero-order valence-electron chi connectivity index (χ0n) is 14.6. The third-order valence-corrected chi connectivity index (χ3v) is 5.61. The van der Waals surface area contributed by atoms with Gasteiger partial charge in [-0.2, -0.15) is 0 Å². The van der Waals surface area contributed by atoms with E-state index in [1.807, 2.05) is 6.92 Å². The molecule has 5 N–H and O–H groups in total. The van der Waals surface area contributed by atoms with Crippen LogP contribution in [0, 0.1) is 11.3 Å². The number of nitrogens with two attached hydrogens (primary N) is 1. The highest BCUT2D eigenvalue weighted by Gasteiger charge is 2.50. The molecule has 1 aliphatic carbocycles. The summed E-state index contributed by atoms with van der Waals surface area (Å²) in [6.45, 7) is 10.0. The van der Waals surface area contributed by atoms with Crippen LogP contribution in [0.15, 0.2) is 0 Å². The van der Waals surface area contributed by atoms with Gasteiger partial charge in [0, 0.05) is 5.54 Å². The molecule has 23 heavy (non-hydrogen) atoms. The van der Waals surface area contributed by atoms with Crippen molar-refractivity contribution in [1.82, 2.24) is 10.6 Å². The molecule has 0 radical (unpaired) electrons. The topological polar surface area (TPSA) is 122 Å². The third-order valence-electron chi connectivity index (χ3n) is 5.61. The Morgan fingerprint density at radius 2 is 1.83 bits per heavy atom. The number of carbonyl (C=O) groups excluding carboxylic acids is 2. The first-order valence-corrected chi connectivity index (χ1v) is 8.00. The van der Waals surface area contributed by atoms with Crippen LogP contribution in [0.3, 0.4) is 0 Å². The summed E-state index contributed by atoms with van der Waals surface area (Å²) in [7, 11) is 0. The number of carboxylic acids is 1. The Labute approximate surface area is 137 Å². The van der Waals surface area contributed by atoms with Crippen molar-refractivity contribution in [3.8, 4) is 0 Å². The zero-order chi connectivity index (χ0) is 18.0. The first-order chi connectivity index (χ1) is 10.4. The first kappa shape index (κ1) is 19.4. The number of carbonyl (C=O) groups is 3. The van der Waals surface area contributed by atoms with Gasteiger partial charge in [0.15, 0.2) is 0 Å². The molecule has 7 nitrogen and oxygen atoms in total. The van der Waals surface area contributed by atoms with E-state index in [1.165, 1.54) is 0 Å². The van der Waals surface area contributed by atoms with E-state index in [9.17, 15) is 14.4 Å². The van der Waals surface area contributed by atoms with Crippen molar-refractivity contribution in [1.29, 1.82) is 0 Å². The number of hydrogen-bond donors (Lipinski definition) is 4. The highest BCUT2D eigenvalue weighted by molar-refractivity contribution is 5.91. The molecule has 1 saturated carbocycles. The second-order valence-corrected chi connectivity index (χ2v) is 7.42. The van der Waals surface area contributed by atoms with Crippen LogP contribution in [-0.2, 0) is 14.4 Å². The molecule has 0 heterocycles. The number of amides is 2. The highest BCUT2D eigenvalue weighted by atomic mass is 16.4. The van der Waals surface area contributed by atoms with Crippen molar-refractivity contribution in [3.05, 3.63) is 0 Å². The molecule has 0 aromatic heterocycles. The largest absolute Gasteiger partial charge is 0.481 e. The molecule has 2 unspecified atom stereocenters. The van der Waals surface area contributed by atoms with Gasteiger partial charge in [-0.3, -0.25) is 14.4 Å². The number of carboxylic acid groups (broad SMARTS) is 1. The summed E-state index contributed by atoms with van der Waals surface area (Å²) in [5.74, 6) is -1.59. The van der Waals surface area contributed by atoms with Crippen molar-refractivity contribution >= 4 is 17.8 Å². The second-order valence-electron chi connectivity index (χ2n) is 7.42. The highest BCUT2D eigenvalue weighted by Crippen LogP contribution is 2.49. The molecule has 1 aliphatic rings. The van der Waals surface area contributed by atoms with Crippen molar-refractivity contribution in [2.75, 3.05) is 0 Å². The van der Waals surface area contributed by atoms with Gasteiger partial charge < -0.3 is 21.5 Å². The molecular formula is C16H29N3O4. The number of aliphatic carboxylic acids is 1. The van der Waals surface area contributed by atoms with Crippen LogP contribution in [0.5, 0.6) is 0 Å². The van der Waals surface area contributed by atoms with Crippen LogP contribution in [0.2, 0.25) is 0 Å². The van der Waals surface area contributed by atoms with E-state index in [1.54, 1.807) is 6.92 Å². The molecule has 0 spiro atoms. The molecule has 132 valence electrons. The summed E-state index contributed by atoms with van der Waals surface area (Å²) in [5, 5.41) is 14.2. The summed E-state index contributed by atoms with van der Waals surface area (Å²) in [4.78, 5) is 34.8. The summed E-state index contributed by atoms with van der Waals surface area (Å²) in [5.41, 5.74) is 5.10. The van der Waals surface area contributed by atoms with Gasteiger partial charge in [0.2, 0.25) is 11.8 Å². The van der Waals surface area contributed by atoms with Gasteiger partial charge in [-0.15, -0.1) is 0 Å². The molecule has 0 aliphatic heterocycles. The van der Waals surface area contributed by atoms with E-state index in [4.69, 9.17) is 10.8 Å². The molecule has 7 heteroatoms. The van der Waals surface area contributed by atoms with Crippen LogP contribution in [0.4, 0.5) is 0 Å². The molecule has 2 amide bonds. The summed E-state index contributed by atoms with van der Waals surface area (Å²) < 4.78 is 0. The van der Waals surface area contributed by atoms with E-state index in [0.717, 1.165) is 12.8 Å². The standard InChI is InChI=1S/C16H29N3O4/c1-9-6-7-16(5,15(9,3)4)19-13(22)10(2)18-14(23)11(17)8-12(20)21/h9-11H,6-8,17H2,1-5H3,(H,18,23)(H,19,22)(H,20,21)/t9?,10-,11+,16?/m1/s1. The quantitative estimate of drug-likeness (QED) is 0.570. The maximum absolute atomic E-state index is 12.4. The lowest BCUT2D eigenvalue weighted by molar-refractivity contribution is -0.139. The molecule has 0 aromatic carbocycles. The Kier molecular flexibility index (Phi) is 5.79. The van der Waals surface area contributed by atoms with Crippen molar-refractivity contribution in [2.24, 2.45) is 17.1 Å². The fourth-order valence-corrected chi connectivity index (χ4v) is 3.00. The Morgan fingerprint density at radius 3 is 2.26 bits per heavy atom. The smallest absolute Gasteiger partial charge is 0.305 e. The summed E-state index contributed by atoms with van der Waals surface area (Å²) in [6.07, 6.45) is 1.45. The lowest BCUT2D eigenvalue weighted by Gasteiger charge is -2.42. The van der Waals surface area contributed by atoms with Crippen LogP contribution in [-0.4, -0.2) is 40.5 Å². The first-order valence-electron chi connectivity index (χ1n) is 8.00. The molecule has 0 bridgehead atoms. The number of hydrogen-bond acceptors (Lipinski definition) is 4. The van der Waals surface area contributed by atoms with E-state index >= 15 is 0 Å². The van der Waals surface area contributed by atoms with Gasteiger partial charge in [-0.1, -0.05) is 20.8 Å². The van der Waals surface area contributed by atoms with E-state index < -0.39 is 30.4 Å². The van der Waals surface area contributed by atoms with Gasteiger partial charge in [0.25, 0.3) is 0 Å². The van der Waals surface area contributed by atoms with Crippen molar-refractivity contribution in [3.63, 3.8) is 0 Å². The average Bonchev–Trinajstić information content (AvgIpc) is 2.61. The maximum atomic E-state index is 12.4. The maximum Gasteiger partial charge on any atom is 0.305 e. The van der Waals surface area contributed by atoms with E-state index in [-0.39, 0.29) is 16.9 Å². The van der Waals surface area contributed by atoms with Gasteiger partial charge >= 0.3 is 5.97 Å². The van der Waals surface area contributed by atoms with Gasteiger partial charge in [0.1, 0.15) is 6.04 Å². The van der Waals surface area contributed by atoms with E-state index in [0.29, 0.717) is 5.92 Å². The van der Waals surface area contributed by atoms with Crippen LogP contribution < -0.4 is 16.4 Å². The molecule has 4 atom stereocenters. The van der Waals surface area contributed by atoms with Crippen molar-refractivity contribution in [2.45, 2.75) is 71.5 Å². The van der Waals surface area contributed by atoms with Gasteiger partial charge in [-0.25, -0.2) is 0 Å². The summed E-state index contributed by atoms with van der Waals surface area (Å²) in [6, 6.07) is -1.94. The average molecular weight is 327 g/mol. The Morgan fingerprint density at radius 1 is 1.26 bits per heavy atom. The zero-order valence-corrected chi connectivity index (χ0v) is 14.6. The molecule has 1 fully saturated rings. The van der Waals surface area contributed by atoms with Crippen LogP contribution in [0.25, 0.3) is 0 Å². The number of rotatable bonds is 6. The second kappa shape index (κ2) is 6.86. The SMILES string of the molecule is CC1CCC(C)(NC(=O)[C@@H](C)NC(=O)[C@@H](N)CC(=O)O)C1(C)C. The number of nitrogens with one attached hydrogen (secondary N) is 2. The third kappa shape index (κ3) is 4.22. The Bertz CT molecular complexity index is 492. The predicted octanol–water partition coefficient (Wildman–Crippen LogP) is 0.624. The normalized spacial score (nSPS) is 28.7. The van der Waals surface area contributed by atoms with Gasteiger partial charge in [0.05, 0.1) is 12.5 Å². The minimum atomic E-state index is -1.17. The molecule has 1 rings (SSSR count). The monoisotopic (exact) mass is 327 g/mol. The van der Waals surface area contributed by atoms with Crippen LogP contribution in [0.1, 0.15) is 53.9 Å². The lowest BCUT2D eigenvalue weighted by Crippen LogP contribution is -2.59. The lowest BCUT2D eigenvalue weighted by atomic mass is 9.72. The van der Waals surface area contributed by atoms with Crippen LogP contribution >= 0.6 is 0 Å². The molecular weight excluding hydrogens is 298 g/mol. The fraction of sp³-hybridized carbons (Fsp3) is 0.812. The Hall–Kier alpha value is -1.63. The Balaban J connectivity index is 2.64. The van der Waals surface area contributed by atoms with Gasteiger partial charge in [-0.05, 0) is 38.0 Å². The minimum absolute atomic E-state index is 0.0495. The molecule has 0 aromatic rings. The minimum Gasteiger partial charge on any atom is -0.481 e. The predicted molar refractivity (Wildman–Crippen MR) is 86.6 cm³/mol. The fourth-order valence-electron chi connectivity index (χ4n) is 3.00. The summed E-state index contributed by atoms with van der Waals surface area (Å²) >= 11 is 0. The molecule has 0 saturated heterocycles. The van der Waals surface area contributed by atoms with Crippen molar-refractivity contribution < 1.29 is 19.5 Å². The van der Waals surface area contributed by atoms with E-state index in [2.05, 4.69) is 31.4 Å².